The second-order valence-electron chi connectivity index (χ2n) is 8.74. The highest BCUT2D eigenvalue weighted by Gasteiger charge is 2.30. The average molecular weight is 444 g/mol. The van der Waals surface area contributed by atoms with Gasteiger partial charge < -0.3 is 9.64 Å². The predicted molar refractivity (Wildman–Crippen MR) is 130 cm³/mol. The predicted octanol–water partition coefficient (Wildman–Crippen LogP) is 3.84. The number of benzene rings is 2. The van der Waals surface area contributed by atoms with Crippen LogP contribution in [0.1, 0.15) is 35.8 Å². The number of aryl methyl sites for hydroxylation is 1. The molecular formula is C26H29N5O2. The van der Waals surface area contributed by atoms with Gasteiger partial charge in [0.25, 0.3) is 5.56 Å². The van der Waals surface area contributed by atoms with Crippen LogP contribution in [0.2, 0.25) is 0 Å². The number of hydrogen-bond donors (Lipinski definition) is 1. The summed E-state index contributed by atoms with van der Waals surface area (Å²) in [6, 6.07) is 20.0. The maximum absolute atomic E-state index is 12.9. The molecule has 1 fully saturated rings. The number of piperidine rings is 1. The van der Waals surface area contributed by atoms with Crippen molar-refractivity contribution in [1.82, 2.24) is 14.5 Å². The molecule has 5 rings (SSSR count). The molecular weight excluding hydrogens is 414 g/mol. The molecule has 170 valence electrons. The van der Waals surface area contributed by atoms with Crippen molar-refractivity contribution >= 4 is 11.9 Å². The third-order valence-corrected chi connectivity index (χ3v) is 6.49. The molecule has 3 aromatic rings. The molecule has 3 heterocycles. The monoisotopic (exact) mass is 443 g/mol. The summed E-state index contributed by atoms with van der Waals surface area (Å²) in [5.41, 5.74) is 2.78. The molecule has 0 spiro atoms. The van der Waals surface area contributed by atoms with E-state index in [1.165, 1.54) is 5.56 Å². The Morgan fingerprint density at radius 3 is 2.55 bits per heavy atom. The van der Waals surface area contributed by atoms with Gasteiger partial charge in [-0.15, -0.1) is 0 Å². The zero-order valence-corrected chi connectivity index (χ0v) is 19.1. The van der Waals surface area contributed by atoms with Crippen molar-refractivity contribution in [1.29, 1.82) is 0 Å². The summed E-state index contributed by atoms with van der Waals surface area (Å²) in [4.78, 5) is 24.8. The van der Waals surface area contributed by atoms with Crippen LogP contribution in [0.3, 0.4) is 0 Å². The summed E-state index contributed by atoms with van der Waals surface area (Å²) in [6.45, 7) is 3.67. The van der Waals surface area contributed by atoms with Crippen LogP contribution in [-0.2, 0) is 6.42 Å². The van der Waals surface area contributed by atoms with E-state index in [0.717, 1.165) is 43.9 Å². The molecule has 2 aromatic carbocycles. The van der Waals surface area contributed by atoms with E-state index in [1.54, 1.807) is 17.7 Å². The lowest BCUT2D eigenvalue weighted by molar-refractivity contribution is 0.262. The Bertz CT molecular complexity index is 1210. The standard InChI is InChI=1S/C26H29N5O2/c1-18-16-23(32)31-24(21-10-6-7-11-22(21)33-2)28-25(29-26(31)27-18)30-14-12-20(13-15-30)17-19-8-4-3-5-9-19/h3-11,16,20,24H,12-15,17H2,1-2H3,(H,27,28,29)/t24-/m1/s1. The fourth-order valence-corrected chi connectivity index (χ4v) is 4.78. The van der Waals surface area contributed by atoms with Gasteiger partial charge in [-0.2, -0.15) is 0 Å². The maximum Gasteiger partial charge on any atom is 0.257 e. The van der Waals surface area contributed by atoms with Crippen LogP contribution in [0.5, 0.6) is 5.75 Å². The lowest BCUT2D eigenvalue weighted by atomic mass is 9.90. The third-order valence-electron chi connectivity index (χ3n) is 6.49. The van der Waals surface area contributed by atoms with Gasteiger partial charge in [0.2, 0.25) is 11.9 Å². The Labute approximate surface area is 193 Å². The molecule has 0 bridgehead atoms. The number of nitrogens with one attached hydrogen (secondary N) is 1. The van der Waals surface area contributed by atoms with Crippen LogP contribution < -0.4 is 15.6 Å². The number of rotatable bonds is 4. The molecule has 2 aliphatic heterocycles. The average Bonchev–Trinajstić information content (AvgIpc) is 2.84. The molecule has 0 aliphatic carbocycles. The van der Waals surface area contributed by atoms with Gasteiger partial charge in [0.15, 0.2) is 6.17 Å². The first-order valence-corrected chi connectivity index (χ1v) is 11.5. The van der Waals surface area contributed by atoms with Gasteiger partial charge in [-0.25, -0.2) is 9.98 Å². The molecule has 0 radical (unpaired) electrons. The van der Waals surface area contributed by atoms with E-state index < -0.39 is 6.17 Å². The molecule has 2 aliphatic rings. The van der Waals surface area contributed by atoms with Gasteiger partial charge in [-0.1, -0.05) is 48.5 Å². The van der Waals surface area contributed by atoms with E-state index in [9.17, 15) is 4.79 Å². The van der Waals surface area contributed by atoms with Gasteiger partial charge in [0.05, 0.1) is 7.11 Å². The van der Waals surface area contributed by atoms with Crippen molar-refractivity contribution in [3.8, 4) is 5.75 Å². The van der Waals surface area contributed by atoms with Gasteiger partial charge in [0, 0.05) is 30.4 Å². The quantitative estimate of drug-likeness (QED) is 0.663. The number of nitrogens with zero attached hydrogens (tertiary/aromatic N) is 4. The molecule has 0 unspecified atom stereocenters. The van der Waals surface area contributed by atoms with Crippen LogP contribution in [-0.4, -0.2) is 40.6 Å². The number of aliphatic imine (C=N–C) groups is 1. The molecule has 33 heavy (non-hydrogen) atoms. The largest absolute Gasteiger partial charge is 0.496 e. The highest BCUT2D eigenvalue weighted by molar-refractivity contribution is 5.93. The molecule has 1 atom stereocenters. The smallest absolute Gasteiger partial charge is 0.257 e. The summed E-state index contributed by atoms with van der Waals surface area (Å²) in [6.07, 6.45) is 2.78. The summed E-state index contributed by atoms with van der Waals surface area (Å²) in [5, 5.41) is 3.34. The number of guanidine groups is 1. The summed E-state index contributed by atoms with van der Waals surface area (Å²) in [5.74, 6) is 2.65. The number of aromatic nitrogens is 2. The number of anilines is 1. The summed E-state index contributed by atoms with van der Waals surface area (Å²) < 4.78 is 7.20. The van der Waals surface area contributed by atoms with Crippen LogP contribution >= 0.6 is 0 Å². The fraction of sp³-hybridized carbons (Fsp3) is 0.346. The first-order valence-electron chi connectivity index (χ1n) is 11.5. The molecule has 1 N–H and O–H groups in total. The van der Waals surface area contributed by atoms with Gasteiger partial charge in [0.1, 0.15) is 5.75 Å². The third kappa shape index (κ3) is 4.35. The molecule has 0 amide bonds. The van der Waals surface area contributed by atoms with Crippen molar-refractivity contribution < 1.29 is 4.74 Å². The van der Waals surface area contributed by atoms with E-state index in [4.69, 9.17) is 9.73 Å². The van der Waals surface area contributed by atoms with Gasteiger partial charge >= 0.3 is 0 Å². The van der Waals surface area contributed by atoms with Crippen LogP contribution in [0.15, 0.2) is 70.5 Å². The van der Waals surface area contributed by atoms with E-state index in [2.05, 4.69) is 45.5 Å². The maximum atomic E-state index is 12.9. The van der Waals surface area contributed by atoms with E-state index in [1.807, 2.05) is 31.2 Å². The van der Waals surface area contributed by atoms with Crippen LogP contribution in [0.25, 0.3) is 0 Å². The Kier molecular flexibility index (Phi) is 5.86. The minimum Gasteiger partial charge on any atom is -0.496 e. The number of likely N-dealkylation sites (tertiary alicyclic amines) is 1. The minimum absolute atomic E-state index is 0.134. The second kappa shape index (κ2) is 9.10. The SMILES string of the molecule is COc1ccccc1[C@@H]1N=C(N2CCC(Cc3ccccc3)CC2)Nc2nc(C)cc(=O)n21. The molecule has 1 saturated heterocycles. The highest BCUT2D eigenvalue weighted by atomic mass is 16.5. The molecule has 0 saturated carbocycles. The Morgan fingerprint density at radius 1 is 1.06 bits per heavy atom. The number of para-hydroxylation sites is 1. The molecule has 1 aromatic heterocycles. The van der Waals surface area contributed by atoms with Crippen molar-refractivity contribution in [3.05, 3.63) is 87.8 Å². The molecule has 7 nitrogen and oxygen atoms in total. The second-order valence-corrected chi connectivity index (χ2v) is 8.74. The number of hydrogen-bond acceptors (Lipinski definition) is 6. The van der Waals surface area contributed by atoms with Crippen molar-refractivity contribution in [2.75, 3.05) is 25.5 Å². The minimum atomic E-state index is -0.532. The number of methoxy groups -OCH3 is 1. The highest BCUT2D eigenvalue weighted by Crippen LogP contribution is 2.33. The van der Waals surface area contributed by atoms with Crippen molar-refractivity contribution in [3.63, 3.8) is 0 Å². The Balaban J connectivity index is 1.42. The first-order chi connectivity index (χ1) is 16.1. The van der Waals surface area contributed by atoms with Crippen LogP contribution in [0.4, 0.5) is 5.95 Å². The van der Waals surface area contributed by atoms with Crippen LogP contribution in [0, 0.1) is 12.8 Å². The number of ether oxygens (including phenoxy) is 1. The fourth-order valence-electron chi connectivity index (χ4n) is 4.78. The zero-order valence-electron chi connectivity index (χ0n) is 19.1. The summed E-state index contributed by atoms with van der Waals surface area (Å²) in [7, 11) is 1.64. The van der Waals surface area contributed by atoms with Gasteiger partial charge in [-0.3, -0.25) is 14.7 Å². The Hall–Kier alpha value is -3.61. The lowest BCUT2D eigenvalue weighted by Gasteiger charge is -2.37. The van der Waals surface area contributed by atoms with Gasteiger partial charge in [-0.05, 0) is 43.7 Å². The normalized spacial score (nSPS) is 18.3. The summed E-state index contributed by atoms with van der Waals surface area (Å²) >= 11 is 0. The topological polar surface area (TPSA) is 71.8 Å². The van der Waals surface area contributed by atoms with E-state index in [-0.39, 0.29) is 5.56 Å². The van der Waals surface area contributed by atoms with E-state index in [0.29, 0.717) is 23.3 Å². The van der Waals surface area contributed by atoms with Crippen molar-refractivity contribution in [2.24, 2.45) is 10.9 Å². The zero-order chi connectivity index (χ0) is 22.8. The van der Waals surface area contributed by atoms with Crippen molar-refractivity contribution in [2.45, 2.75) is 32.4 Å². The number of fused-ring (bicyclic) bond motifs is 1. The Morgan fingerprint density at radius 2 is 1.79 bits per heavy atom. The van der Waals surface area contributed by atoms with E-state index >= 15 is 0 Å². The first kappa shape index (κ1) is 21.2. The molecule has 7 heteroatoms. The lowest BCUT2D eigenvalue weighted by Crippen LogP contribution is -2.46.